The van der Waals surface area contributed by atoms with Crippen molar-refractivity contribution in [1.29, 1.82) is 0 Å². The van der Waals surface area contributed by atoms with Gasteiger partial charge in [-0.05, 0) is 30.3 Å². The summed E-state index contributed by atoms with van der Waals surface area (Å²) in [6.07, 6.45) is 0.711. The molecule has 0 aliphatic carbocycles. The van der Waals surface area contributed by atoms with E-state index >= 15 is 0 Å². The fourth-order valence-electron chi connectivity index (χ4n) is 3.53. The second-order valence-electron chi connectivity index (χ2n) is 6.97. The van der Waals surface area contributed by atoms with Crippen LogP contribution in [0, 0.1) is 5.82 Å². The molecule has 1 aromatic heterocycles. The Kier molecular flexibility index (Phi) is 5.40. The Morgan fingerprint density at radius 2 is 1.90 bits per heavy atom. The molecule has 0 unspecified atom stereocenters. The number of H-pyrrole nitrogens is 1. The smallest absolute Gasteiger partial charge is 0.255 e. The molecule has 156 valence electrons. The Morgan fingerprint density at radius 1 is 1.17 bits per heavy atom. The van der Waals surface area contributed by atoms with Crippen LogP contribution in [-0.2, 0) is 29.4 Å². The molecule has 0 spiro atoms. The number of para-hydroxylation sites is 1. The highest BCUT2D eigenvalue weighted by atomic mass is 32.2. The lowest BCUT2D eigenvalue weighted by molar-refractivity contribution is 0.384. The molecule has 0 saturated carbocycles. The van der Waals surface area contributed by atoms with Gasteiger partial charge in [0, 0.05) is 31.5 Å². The minimum absolute atomic E-state index is 0.00969. The zero-order chi connectivity index (χ0) is 21.3. The standard InChI is InChI=1S/C21H20FN3O4S/c1-29-19-5-3-2-4-14(19)12-20-23-18-10-11-25(13-17(18)21(26)24-20)30(27,28)16-8-6-15(22)7-9-16/h2-9H,10-13H2,1H3,(H,23,24,26). The highest BCUT2D eigenvalue weighted by Crippen LogP contribution is 2.24. The number of halogens is 1. The minimum Gasteiger partial charge on any atom is -0.496 e. The number of ether oxygens (including phenoxy) is 1. The third-order valence-corrected chi connectivity index (χ3v) is 6.94. The molecule has 2 heterocycles. The van der Waals surface area contributed by atoms with Gasteiger partial charge in [-0.2, -0.15) is 4.31 Å². The Bertz CT molecular complexity index is 1240. The van der Waals surface area contributed by atoms with Crippen LogP contribution in [0.4, 0.5) is 4.39 Å². The molecule has 1 aliphatic heterocycles. The van der Waals surface area contributed by atoms with Gasteiger partial charge in [-0.1, -0.05) is 18.2 Å². The van der Waals surface area contributed by atoms with Gasteiger partial charge in [0.1, 0.15) is 17.4 Å². The summed E-state index contributed by atoms with van der Waals surface area (Å²) in [7, 11) is -2.26. The lowest BCUT2D eigenvalue weighted by Crippen LogP contribution is -2.39. The van der Waals surface area contributed by atoms with Crippen LogP contribution in [-0.4, -0.2) is 36.3 Å². The number of benzene rings is 2. The molecular formula is C21H20FN3O4S. The maximum Gasteiger partial charge on any atom is 0.255 e. The lowest BCUT2D eigenvalue weighted by Gasteiger charge is -2.27. The van der Waals surface area contributed by atoms with Crippen molar-refractivity contribution < 1.29 is 17.5 Å². The summed E-state index contributed by atoms with van der Waals surface area (Å²) in [5.74, 6) is 0.689. The van der Waals surface area contributed by atoms with E-state index in [9.17, 15) is 17.6 Å². The molecule has 9 heteroatoms. The summed E-state index contributed by atoms with van der Waals surface area (Å²) in [5.41, 5.74) is 1.45. The van der Waals surface area contributed by atoms with Crippen molar-refractivity contribution in [1.82, 2.24) is 14.3 Å². The van der Waals surface area contributed by atoms with Crippen molar-refractivity contribution in [2.75, 3.05) is 13.7 Å². The average molecular weight is 429 g/mol. The van der Waals surface area contributed by atoms with Crippen LogP contribution >= 0.6 is 0 Å². The number of hydrogen-bond donors (Lipinski definition) is 1. The lowest BCUT2D eigenvalue weighted by atomic mass is 10.1. The summed E-state index contributed by atoms with van der Waals surface area (Å²) >= 11 is 0. The van der Waals surface area contributed by atoms with Gasteiger partial charge >= 0.3 is 0 Å². The van der Waals surface area contributed by atoms with Crippen molar-refractivity contribution in [3.63, 3.8) is 0 Å². The number of methoxy groups -OCH3 is 1. The predicted octanol–water partition coefficient (Wildman–Crippen LogP) is 2.26. The number of nitrogens with zero attached hydrogens (tertiary/aromatic N) is 2. The molecule has 30 heavy (non-hydrogen) atoms. The first-order valence-corrected chi connectivity index (χ1v) is 10.8. The zero-order valence-corrected chi connectivity index (χ0v) is 17.1. The fraction of sp³-hybridized carbons (Fsp3) is 0.238. The largest absolute Gasteiger partial charge is 0.496 e. The molecule has 0 bridgehead atoms. The fourth-order valence-corrected chi connectivity index (χ4v) is 4.93. The third-order valence-electron chi connectivity index (χ3n) is 5.08. The van der Waals surface area contributed by atoms with Crippen LogP contribution in [0.15, 0.2) is 58.2 Å². The second-order valence-corrected chi connectivity index (χ2v) is 8.91. The molecule has 7 nitrogen and oxygen atoms in total. The summed E-state index contributed by atoms with van der Waals surface area (Å²) in [6, 6.07) is 12.1. The van der Waals surface area contributed by atoms with Crippen molar-refractivity contribution in [3.05, 3.63) is 87.3 Å². The average Bonchev–Trinajstić information content (AvgIpc) is 2.74. The van der Waals surface area contributed by atoms with Gasteiger partial charge in [0.2, 0.25) is 10.0 Å². The maximum absolute atomic E-state index is 13.1. The first-order valence-electron chi connectivity index (χ1n) is 9.37. The SMILES string of the molecule is COc1ccccc1Cc1nc2c(c(=O)[nH]1)CN(S(=O)(=O)c1ccc(F)cc1)CC2. The molecule has 0 fully saturated rings. The monoisotopic (exact) mass is 429 g/mol. The van der Waals surface area contributed by atoms with Crippen molar-refractivity contribution in [3.8, 4) is 5.75 Å². The van der Waals surface area contributed by atoms with Crippen molar-refractivity contribution >= 4 is 10.0 Å². The zero-order valence-electron chi connectivity index (χ0n) is 16.3. The molecule has 3 aromatic rings. The summed E-state index contributed by atoms with van der Waals surface area (Å²) < 4.78 is 45.4. The molecular weight excluding hydrogens is 409 g/mol. The summed E-state index contributed by atoms with van der Waals surface area (Å²) in [4.78, 5) is 20.0. The Hall–Kier alpha value is -3.04. The Morgan fingerprint density at radius 3 is 2.63 bits per heavy atom. The van der Waals surface area contributed by atoms with E-state index in [-0.39, 0.29) is 23.5 Å². The predicted molar refractivity (Wildman–Crippen MR) is 108 cm³/mol. The van der Waals surface area contributed by atoms with Gasteiger partial charge in [-0.3, -0.25) is 4.79 Å². The normalized spacial score (nSPS) is 14.3. The molecule has 0 amide bonds. The second kappa shape index (κ2) is 8.00. The van der Waals surface area contributed by atoms with Gasteiger partial charge in [-0.15, -0.1) is 0 Å². The number of nitrogens with one attached hydrogen (secondary N) is 1. The van der Waals surface area contributed by atoms with Crippen LogP contribution in [0.5, 0.6) is 5.75 Å². The van der Waals surface area contributed by atoms with Gasteiger partial charge in [0.25, 0.3) is 5.56 Å². The van der Waals surface area contributed by atoms with Crippen molar-refractivity contribution in [2.45, 2.75) is 24.3 Å². The van der Waals surface area contributed by atoms with E-state index in [0.29, 0.717) is 35.7 Å². The molecule has 2 aromatic carbocycles. The Balaban J connectivity index is 1.61. The van der Waals surface area contributed by atoms with E-state index in [1.54, 1.807) is 7.11 Å². The van der Waals surface area contributed by atoms with Crippen molar-refractivity contribution in [2.24, 2.45) is 0 Å². The minimum atomic E-state index is -3.84. The van der Waals surface area contributed by atoms with Gasteiger partial charge in [0.05, 0.1) is 23.3 Å². The quantitative estimate of drug-likeness (QED) is 0.672. The third kappa shape index (κ3) is 3.86. The first kappa shape index (κ1) is 20.2. The number of fused-ring (bicyclic) bond motifs is 1. The van der Waals surface area contributed by atoms with E-state index in [1.807, 2.05) is 24.3 Å². The number of sulfonamides is 1. The summed E-state index contributed by atoms with van der Waals surface area (Å²) in [6.45, 7) is 0.115. The highest BCUT2D eigenvalue weighted by molar-refractivity contribution is 7.89. The number of aromatic amines is 1. The Labute approximate surface area is 173 Å². The molecule has 1 aliphatic rings. The molecule has 0 atom stereocenters. The van der Waals surface area contributed by atoms with Crippen LogP contribution in [0.25, 0.3) is 0 Å². The highest BCUT2D eigenvalue weighted by Gasteiger charge is 2.30. The van der Waals surface area contributed by atoms with E-state index in [2.05, 4.69) is 9.97 Å². The van der Waals surface area contributed by atoms with E-state index < -0.39 is 15.8 Å². The molecule has 0 radical (unpaired) electrons. The van der Waals surface area contributed by atoms with Gasteiger partial charge < -0.3 is 9.72 Å². The maximum atomic E-state index is 13.1. The van der Waals surface area contributed by atoms with Crippen LogP contribution in [0.2, 0.25) is 0 Å². The van der Waals surface area contributed by atoms with Gasteiger partial charge in [-0.25, -0.2) is 17.8 Å². The summed E-state index contributed by atoms with van der Waals surface area (Å²) in [5, 5.41) is 0. The molecule has 4 rings (SSSR count). The van der Waals surface area contributed by atoms with E-state index in [0.717, 1.165) is 17.7 Å². The topological polar surface area (TPSA) is 92.4 Å². The number of rotatable bonds is 5. The number of aromatic nitrogens is 2. The van der Waals surface area contributed by atoms with Crippen LogP contribution < -0.4 is 10.3 Å². The number of hydrogen-bond acceptors (Lipinski definition) is 5. The van der Waals surface area contributed by atoms with Crippen LogP contribution in [0.1, 0.15) is 22.6 Å². The van der Waals surface area contributed by atoms with E-state index in [1.165, 1.54) is 16.4 Å². The molecule has 1 N–H and O–H groups in total. The first-order chi connectivity index (χ1) is 14.4. The van der Waals surface area contributed by atoms with Gasteiger partial charge in [0.15, 0.2) is 0 Å². The van der Waals surface area contributed by atoms with E-state index in [4.69, 9.17) is 4.74 Å². The molecule has 0 saturated heterocycles. The van der Waals surface area contributed by atoms with Crippen LogP contribution in [0.3, 0.4) is 0 Å².